The average Bonchev–Trinajstić information content (AvgIpc) is 2.90. The molecule has 96 valence electrons. The van der Waals surface area contributed by atoms with E-state index in [1.54, 1.807) is 24.2 Å². The van der Waals surface area contributed by atoms with Crippen molar-refractivity contribution >= 4 is 33.6 Å². The van der Waals surface area contributed by atoms with Crippen LogP contribution in [0, 0.1) is 0 Å². The summed E-state index contributed by atoms with van der Waals surface area (Å²) in [6.07, 6.45) is 3.56. The van der Waals surface area contributed by atoms with E-state index in [1.807, 2.05) is 6.07 Å². The maximum absolute atomic E-state index is 4.58. The summed E-state index contributed by atoms with van der Waals surface area (Å²) in [6, 6.07) is 16.6. The SMILES string of the molecule is c1ccc2c(Sc3nc4ccncc4[nH]3)cccc2c1. The summed E-state index contributed by atoms with van der Waals surface area (Å²) >= 11 is 1.65. The van der Waals surface area contributed by atoms with Gasteiger partial charge < -0.3 is 4.98 Å². The lowest BCUT2D eigenvalue weighted by Gasteiger charge is -2.03. The molecule has 20 heavy (non-hydrogen) atoms. The largest absolute Gasteiger partial charge is 0.331 e. The molecule has 0 fully saturated rings. The van der Waals surface area contributed by atoms with E-state index in [9.17, 15) is 0 Å². The molecule has 3 nitrogen and oxygen atoms in total. The van der Waals surface area contributed by atoms with Crippen LogP contribution in [0.3, 0.4) is 0 Å². The van der Waals surface area contributed by atoms with Gasteiger partial charge in [-0.05, 0) is 22.9 Å². The summed E-state index contributed by atoms with van der Waals surface area (Å²) in [7, 11) is 0. The monoisotopic (exact) mass is 277 g/mol. The Labute approximate surface area is 120 Å². The summed E-state index contributed by atoms with van der Waals surface area (Å²) in [5.41, 5.74) is 1.91. The van der Waals surface area contributed by atoms with Crippen LogP contribution in [0.15, 0.2) is 71.0 Å². The van der Waals surface area contributed by atoms with E-state index in [0.29, 0.717) is 0 Å². The van der Waals surface area contributed by atoms with Gasteiger partial charge in [0.05, 0.1) is 17.2 Å². The molecule has 0 amide bonds. The van der Waals surface area contributed by atoms with Gasteiger partial charge >= 0.3 is 0 Å². The average molecular weight is 277 g/mol. The molecule has 2 aromatic heterocycles. The molecule has 0 aliphatic carbocycles. The molecule has 0 aliphatic rings. The van der Waals surface area contributed by atoms with Crippen molar-refractivity contribution in [1.82, 2.24) is 15.0 Å². The van der Waals surface area contributed by atoms with E-state index < -0.39 is 0 Å². The Bertz CT molecular complexity index is 860. The van der Waals surface area contributed by atoms with Crippen LogP contribution in [-0.4, -0.2) is 15.0 Å². The predicted octanol–water partition coefficient (Wildman–Crippen LogP) is 4.26. The molecule has 0 bridgehead atoms. The smallest absolute Gasteiger partial charge is 0.171 e. The van der Waals surface area contributed by atoms with Crippen molar-refractivity contribution in [3.8, 4) is 0 Å². The number of nitrogens with one attached hydrogen (secondary N) is 1. The zero-order valence-corrected chi connectivity index (χ0v) is 11.4. The van der Waals surface area contributed by atoms with Gasteiger partial charge in [-0.3, -0.25) is 4.98 Å². The third-order valence-corrected chi connectivity index (χ3v) is 4.18. The molecule has 4 aromatic rings. The molecule has 0 saturated heterocycles. The third kappa shape index (κ3) is 1.94. The minimum atomic E-state index is 0.893. The van der Waals surface area contributed by atoms with Crippen molar-refractivity contribution in [1.29, 1.82) is 0 Å². The van der Waals surface area contributed by atoms with Gasteiger partial charge in [-0.25, -0.2) is 4.98 Å². The molecule has 0 aliphatic heterocycles. The maximum Gasteiger partial charge on any atom is 0.171 e. The molecule has 0 saturated carbocycles. The summed E-state index contributed by atoms with van der Waals surface area (Å²) in [6.45, 7) is 0. The van der Waals surface area contributed by atoms with Gasteiger partial charge in [0.25, 0.3) is 0 Å². The quantitative estimate of drug-likeness (QED) is 0.595. The van der Waals surface area contributed by atoms with E-state index in [1.165, 1.54) is 15.7 Å². The summed E-state index contributed by atoms with van der Waals surface area (Å²) in [5, 5.41) is 3.39. The van der Waals surface area contributed by atoms with Crippen molar-refractivity contribution in [2.45, 2.75) is 10.1 Å². The van der Waals surface area contributed by atoms with Crippen molar-refractivity contribution < 1.29 is 0 Å². The highest BCUT2D eigenvalue weighted by Gasteiger charge is 2.07. The number of imidazole rings is 1. The zero-order chi connectivity index (χ0) is 13.4. The normalized spacial score (nSPS) is 11.2. The second-order valence-electron chi connectivity index (χ2n) is 4.51. The third-order valence-electron chi connectivity index (χ3n) is 3.22. The number of hydrogen-bond acceptors (Lipinski definition) is 3. The van der Waals surface area contributed by atoms with Crippen molar-refractivity contribution in [2.75, 3.05) is 0 Å². The van der Waals surface area contributed by atoms with E-state index in [0.717, 1.165) is 16.2 Å². The van der Waals surface area contributed by atoms with Gasteiger partial charge in [-0.15, -0.1) is 0 Å². The molecule has 4 heteroatoms. The Morgan fingerprint density at radius 3 is 2.80 bits per heavy atom. The van der Waals surface area contributed by atoms with Gasteiger partial charge in [-0.1, -0.05) is 48.2 Å². The van der Waals surface area contributed by atoms with Gasteiger partial charge in [0.15, 0.2) is 5.16 Å². The number of fused-ring (bicyclic) bond motifs is 2. The van der Waals surface area contributed by atoms with Crippen molar-refractivity contribution in [3.63, 3.8) is 0 Å². The first-order chi connectivity index (χ1) is 9.90. The Balaban J connectivity index is 1.80. The number of aromatic amines is 1. The predicted molar refractivity (Wildman–Crippen MR) is 82.0 cm³/mol. The van der Waals surface area contributed by atoms with Crippen LogP contribution >= 0.6 is 11.8 Å². The van der Waals surface area contributed by atoms with Crippen LogP contribution in [0.2, 0.25) is 0 Å². The number of pyridine rings is 1. The lowest BCUT2D eigenvalue weighted by molar-refractivity contribution is 1.08. The molecule has 1 N–H and O–H groups in total. The van der Waals surface area contributed by atoms with Crippen molar-refractivity contribution in [3.05, 3.63) is 60.9 Å². The highest BCUT2D eigenvalue weighted by Crippen LogP contribution is 2.32. The molecule has 2 aromatic carbocycles. The standard InChI is InChI=1S/C16H11N3S/c1-2-6-12-11(4-1)5-3-7-15(12)20-16-18-13-8-9-17-10-14(13)19-16/h1-10H,(H,18,19). The van der Waals surface area contributed by atoms with Crippen LogP contribution in [0.4, 0.5) is 0 Å². The fraction of sp³-hybridized carbons (Fsp3) is 0. The van der Waals surface area contributed by atoms with Crippen LogP contribution in [0.25, 0.3) is 21.8 Å². The van der Waals surface area contributed by atoms with E-state index in [2.05, 4.69) is 57.4 Å². The number of H-pyrrole nitrogens is 1. The molecule has 0 spiro atoms. The topological polar surface area (TPSA) is 41.6 Å². The highest BCUT2D eigenvalue weighted by molar-refractivity contribution is 7.99. The van der Waals surface area contributed by atoms with E-state index >= 15 is 0 Å². The Kier molecular flexibility index (Phi) is 2.67. The van der Waals surface area contributed by atoms with Crippen LogP contribution in [0.1, 0.15) is 0 Å². The lowest BCUT2D eigenvalue weighted by Crippen LogP contribution is -1.79. The summed E-state index contributed by atoms with van der Waals surface area (Å²) in [4.78, 5) is 13.2. The molecule has 4 rings (SSSR count). The molecule has 0 radical (unpaired) electrons. The second kappa shape index (κ2) is 4.65. The number of benzene rings is 2. The van der Waals surface area contributed by atoms with Crippen LogP contribution in [0.5, 0.6) is 0 Å². The van der Waals surface area contributed by atoms with Gasteiger partial charge in [0.2, 0.25) is 0 Å². The minimum absolute atomic E-state index is 0.893. The molecular weight excluding hydrogens is 266 g/mol. The number of rotatable bonds is 2. The minimum Gasteiger partial charge on any atom is -0.331 e. The Hall–Kier alpha value is -2.33. The van der Waals surface area contributed by atoms with Gasteiger partial charge in [0, 0.05) is 11.1 Å². The molecule has 2 heterocycles. The van der Waals surface area contributed by atoms with Crippen molar-refractivity contribution in [2.24, 2.45) is 0 Å². The van der Waals surface area contributed by atoms with E-state index in [4.69, 9.17) is 0 Å². The number of hydrogen-bond donors (Lipinski definition) is 1. The van der Waals surface area contributed by atoms with Gasteiger partial charge in [-0.2, -0.15) is 0 Å². The molecule has 0 atom stereocenters. The Morgan fingerprint density at radius 2 is 1.85 bits per heavy atom. The second-order valence-corrected chi connectivity index (χ2v) is 5.54. The lowest BCUT2D eigenvalue weighted by atomic mass is 10.1. The Morgan fingerprint density at radius 1 is 0.950 bits per heavy atom. The van der Waals surface area contributed by atoms with E-state index in [-0.39, 0.29) is 0 Å². The van der Waals surface area contributed by atoms with Gasteiger partial charge in [0.1, 0.15) is 0 Å². The highest BCUT2D eigenvalue weighted by atomic mass is 32.2. The summed E-state index contributed by atoms with van der Waals surface area (Å²) in [5.74, 6) is 0. The summed E-state index contributed by atoms with van der Waals surface area (Å²) < 4.78 is 0. The first-order valence-corrected chi connectivity index (χ1v) is 7.17. The molecular formula is C16H11N3S. The number of aromatic nitrogens is 3. The number of nitrogens with zero attached hydrogens (tertiary/aromatic N) is 2. The molecule has 0 unspecified atom stereocenters. The first-order valence-electron chi connectivity index (χ1n) is 6.35. The van der Waals surface area contributed by atoms with Crippen LogP contribution < -0.4 is 0 Å². The maximum atomic E-state index is 4.58. The fourth-order valence-electron chi connectivity index (χ4n) is 2.27. The van der Waals surface area contributed by atoms with Crippen LogP contribution in [-0.2, 0) is 0 Å². The first kappa shape index (κ1) is 11.5. The fourth-order valence-corrected chi connectivity index (χ4v) is 3.23. The zero-order valence-electron chi connectivity index (χ0n) is 10.6.